The van der Waals surface area contributed by atoms with E-state index < -0.39 is 83.4 Å². The quantitative estimate of drug-likeness (QED) is 0.149. The predicted octanol–water partition coefficient (Wildman–Crippen LogP) is 3.15. The summed E-state index contributed by atoms with van der Waals surface area (Å²) in [6.07, 6.45) is -2.15. The topological polar surface area (TPSA) is 172 Å². The molecular weight excluding hydrogens is 576 g/mol. The monoisotopic (exact) mass is 622 g/mol. The molecule has 8 atom stereocenters. The predicted molar refractivity (Wildman–Crippen MR) is 155 cm³/mol. The zero-order valence-corrected chi connectivity index (χ0v) is 26.9. The van der Waals surface area contributed by atoms with Crippen LogP contribution in [-0.2, 0) is 47.7 Å². The van der Waals surface area contributed by atoms with E-state index in [1.165, 1.54) is 13.8 Å². The highest BCUT2D eigenvalue weighted by Crippen LogP contribution is 2.57. The second kappa shape index (κ2) is 13.4. The molecule has 3 rings (SSSR count). The highest BCUT2D eigenvalue weighted by Gasteiger charge is 2.76. The third-order valence-electron chi connectivity index (χ3n) is 9.04. The van der Waals surface area contributed by atoms with Gasteiger partial charge in [0.25, 0.3) is 0 Å². The highest BCUT2D eigenvalue weighted by atomic mass is 16.6. The van der Waals surface area contributed by atoms with Crippen molar-refractivity contribution in [2.24, 2.45) is 5.92 Å². The van der Waals surface area contributed by atoms with Crippen LogP contribution in [0.4, 0.5) is 0 Å². The van der Waals surface area contributed by atoms with E-state index in [2.05, 4.69) is 0 Å². The van der Waals surface area contributed by atoms with Crippen LogP contribution in [0.2, 0.25) is 0 Å². The maximum atomic E-state index is 13.1. The molecule has 12 nitrogen and oxygen atoms in total. The van der Waals surface area contributed by atoms with E-state index >= 15 is 0 Å². The zero-order valence-electron chi connectivity index (χ0n) is 26.9. The molecule has 8 unspecified atom stereocenters. The Morgan fingerprint density at radius 2 is 1.55 bits per heavy atom. The van der Waals surface area contributed by atoms with Gasteiger partial charge in [0.15, 0.2) is 29.5 Å². The highest BCUT2D eigenvalue weighted by molar-refractivity contribution is 5.88. The van der Waals surface area contributed by atoms with Gasteiger partial charge in [0.2, 0.25) is 0 Å². The molecule has 246 valence electrons. The van der Waals surface area contributed by atoms with Crippen molar-refractivity contribution in [3.8, 4) is 0 Å². The van der Waals surface area contributed by atoms with Crippen LogP contribution < -0.4 is 0 Å². The Balaban J connectivity index is 2.30. The van der Waals surface area contributed by atoms with Crippen LogP contribution in [0, 0.1) is 5.92 Å². The summed E-state index contributed by atoms with van der Waals surface area (Å²) in [4.78, 5) is 64.8. The molecule has 1 saturated heterocycles. The first-order chi connectivity index (χ1) is 20.5. The van der Waals surface area contributed by atoms with Gasteiger partial charge >= 0.3 is 29.8 Å². The minimum Gasteiger partial charge on any atom is -0.459 e. The summed E-state index contributed by atoms with van der Waals surface area (Å²) in [5.74, 6) is -5.04. The Kier molecular flexibility index (Phi) is 10.7. The number of aliphatic hydroxyl groups is 2. The molecule has 0 aromatic rings. The number of hydrogen-bond acceptors (Lipinski definition) is 12. The van der Waals surface area contributed by atoms with Crippen LogP contribution in [0.15, 0.2) is 22.8 Å². The van der Waals surface area contributed by atoms with Gasteiger partial charge in [-0.15, -0.1) is 0 Å². The van der Waals surface area contributed by atoms with Crippen molar-refractivity contribution in [3.63, 3.8) is 0 Å². The molecule has 1 heterocycles. The Morgan fingerprint density at radius 1 is 0.977 bits per heavy atom. The lowest BCUT2D eigenvalue weighted by atomic mass is 9.75. The number of allylic oxidation sites excluding steroid dienone is 1. The molecule has 2 aliphatic carbocycles. The molecule has 1 aliphatic heterocycles. The third kappa shape index (κ3) is 6.28. The van der Waals surface area contributed by atoms with Crippen LogP contribution in [-0.4, -0.2) is 81.3 Å². The van der Waals surface area contributed by atoms with Crippen LogP contribution in [0.1, 0.15) is 100 Å². The molecule has 2 fully saturated rings. The van der Waals surface area contributed by atoms with Gasteiger partial charge in [-0.05, 0) is 58.6 Å². The van der Waals surface area contributed by atoms with Crippen LogP contribution >= 0.6 is 0 Å². The van der Waals surface area contributed by atoms with Gasteiger partial charge in [0.05, 0.1) is 5.92 Å². The fraction of sp³-hybridized carbons (Fsp3) is 0.719. The lowest BCUT2D eigenvalue weighted by Crippen LogP contribution is -2.64. The van der Waals surface area contributed by atoms with E-state index in [-0.39, 0.29) is 29.6 Å². The summed E-state index contributed by atoms with van der Waals surface area (Å²) in [5.41, 5.74) is -6.12. The molecule has 0 spiro atoms. The molecule has 0 aromatic heterocycles. The summed E-state index contributed by atoms with van der Waals surface area (Å²) < 4.78 is 29.2. The number of unbranched alkanes of at least 4 members (excludes halogenated alkanes) is 2. The lowest BCUT2D eigenvalue weighted by Gasteiger charge is -2.41. The van der Waals surface area contributed by atoms with E-state index in [0.29, 0.717) is 25.7 Å². The number of esters is 5. The normalized spacial score (nSPS) is 34.8. The molecule has 44 heavy (non-hydrogen) atoms. The van der Waals surface area contributed by atoms with Crippen molar-refractivity contribution >= 4 is 29.8 Å². The fourth-order valence-corrected chi connectivity index (χ4v) is 6.46. The minimum absolute atomic E-state index is 0.000114. The lowest BCUT2D eigenvalue weighted by molar-refractivity contribution is -0.212. The van der Waals surface area contributed by atoms with Crippen LogP contribution in [0.3, 0.4) is 0 Å². The number of hydrogen-bond donors (Lipinski definition) is 2. The Morgan fingerprint density at radius 3 is 2.07 bits per heavy atom. The summed E-state index contributed by atoms with van der Waals surface area (Å²) in [6, 6.07) is 0. The molecule has 2 N–H and O–H groups in total. The molecule has 0 bridgehead atoms. The largest absolute Gasteiger partial charge is 0.459 e. The average molecular weight is 623 g/mol. The van der Waals surface area contributed by atoms with E-state index in [1.807, 2.05) is 13.8 Å². The number of carbonyl (C=O) groups excluding carboxylic acids is 5. The number of carbonyl (C=O) groups is 5. The van der Waals surface area contributed by atoms with Crippen molar-refractivity contribution in [2.45, 2.75) is 142 Å². The summed E-state index contributed by atoms with van der Waals surface area (Å²) in [5, 5.41) is 23.8. The average Bonchev–Trinajstić information content (AvgIpc) is 3.28. The number of fused-ring (bicyclic) bond motifs is 3. The first kappa shape index (κ1) is 35.2. The second-order valence-corrected chi connectivity index (χ2v) is 12.3. The van der Waals surface area contributed by atoms with Crippen molar-refractivity contribution in [1.82, 2.24) is 0 Å². The molecule has 1 saturated carbocycles. The van der Waals surface area contributed by atoms with E-state index in [1.54, 1.807) is 26.8 Å². The molecule has 3 aliphatic rings. The number of rotatable bonds is 11. The van der Waals surface area contributed by atoms with Gasteiger partial charge < -0.3 is 33.9 Å². The maximum absolute atomic E-state index is 13.1. The van der Waals surface area contributed by atoms with Gasteiger partial charge in [-0.25, -0.2) is 9.59 Å². The summed E-state index contributed by atoms with van der Waals surface area (Å²) in [6.45, 7) is 12.3. The van der Waals surface area contributed by atoms with Crippen molar-refractivity contribution in [3.05, 3.63) is 22.8 Å². The smallest absolute Gasteiger partial charge is 0.341 e. The molecular formula is C32H46O12. The van der Waals surface area contributed by atoms with Crippen molar-refractivity contribution in [1.29, 1.82) is 0 Å². The maximum Gasteiger partial charge on any atom is 0.341 e. The van der Waals surface area contributed by atoms with Gasteiger partial charge in [0.1, 0.15) is 11.7 Å². The van der Waals surface area contributed by atoms with Crippen LogP contribution in [0.25, 0.3) is 0 Å². The Hall–Kier alpha value is -3.25. The van der Waals surface area contributed by atoms with E-state index in [9.17, 15) is 34.2 Å². The zero-order chi connectivity index (χ0) is 33.2. The standard InChI is InChI=1S/C32H46O12/c1-9-12-14-21(34)40-20-16-30(7,44-19(6)33)24-23(27-32(20,39)31(8,38)29(37)43-27)18(5)25(42-28(36)17(4)11-3)26(24)41-22(35)15-13-10-2/h11,20,24-27,38-39H,9-10,12-16H2,1-8H3/b17-11+. The first-order valence-corrected chi connectivity index (χ1v) is 15.3. The Bertz CT molecular complexity index is 1230. The van der Waals surface area contributed by atoms with Gasteiger partial charge in [-0.1, -0.05) is 32.8 Å². The van der Waals surface area contributed by atoms with Crippen molar-refractivity contribution < 1.29 is 57.9 Å². The van der Waals surface area contributed by atoms with E-state index in [4.69, 9.17) is 23.7 Å². The molecule has 0 amide bonds. The summed E-state index contributed by atoms with van der Waals surface area (Å²) in [7, 11) is 0. The van der Waals surface area contributed by atoms with Gasteiger partial charge in [-0.3, -0.25) is 14.4 Å². The fourth-order valence-electron chi connectivity index (χ4n) is 6.46. The second-order valence-electron chi connectivity index (χ2n) is 12.3. The first-order valence-electron chi connectivity index (χ1n) is 15.3. The molecule has 0 radical (unpaired) electrons. The van der Waals surface area contributed by atoms with Gasteiger partial charge in [-0.2, -0.15) is 0 Å². The molecule has 12 heteroatoms. The summed E-state index contributed by atoms with van der Waals surface area (Å²) >= 11 is 0. The van der Waals surface area contributed by atoms with Gasteiger partial charge in [0, 0.05) is 31.8 Å². The SMILES string of the molecule is C/C=C(\C)C(=O)OC1C(C)=C2C(C1OC(=O)CCCC)C(C)(OC(C)=O)CC(OC(=O)CCCC)C1(O)C2OC(=O)C1(C)O. The Labute approximate surface area is 258 Å². The third-order valence-corrected chi connectivity index (χ3v) is 9.04. The van der Waals surface area contributed by atoms with Crippen LogP contribution in [0.5, 0.6) is 0 Å². The van der Waals surface area contributed by atoms with Crippen molar-refractivity contribution in [2.75, 3.05) is 0 Å². The van der Waals surface area contributed by atoms with E-state index in [0.717, 1.165) is 6.92 Å². The molecule has 0 aromatic carbocycles. The number of ether oxygens (including phenoxy) is 5. The minimum atomic E-state index is -2.57.